The van der Waals surface area contributed by atoms with Gasteiger partial charge in [0, 0.05) is 22.2 Å². The number of hydrazone groups is 1. The molecule has 8 aromatic carbocycles. The highest BCUT2D eigenvalue weighted by atomic mass is 16.3. The molecule has 0 amide bonds. The van der Waals surface area contributed by atoms with Crippen LogP contribution in [0.5, 0.6) is 0 Å². The predicted octanol–water partition coefficient (Wildman–Crippen LogP) is 13.4. The second-order valence-corrected chi connectivity index (χ2v) is 13.6. The van der Waals surface area contributed by atoms with Gasteiger partial charge in [-0.3, -0.25) is 10.8 Å². The Morgan fingerprint density at radius 3 is 2.05 bits per heavy atom. The lowest BCUT2D eigenvalue weighted by Gasteiger charge is -2.29. The van der Waals surface area contributed by atoms with Gasteiger partial charge in [-0.1, -0.05) is 140 Å². The van der Waals surface area contributed by atoms with Gasteiger partial charge >= 0.3 is 0 Å². The largest absolute Gasteiger partial charge is 0.456 e. The fourth-order valence-electron chi connectivity index (χ4n) is 7.84. The van der Waals surface area contributed by atoms with E-state index < -0.39 is 0 Å². The maximum absolute atomic E-state index is 9.01. The number of nitrogens with zero attached hydrogens (tertiary/aromatic N) is 2. The third-order valence-corrected chi connectivity index (χ3v) is 10.4. The molecule has 0 aliphatic heterocycles. The SMILES string of the molecule is N=C1C=Cc2ccc3ccc(N(c4ccccc4-c4ccccc4-c4ccccc4)c4cccc5oc6ccccc6c45)cc3c2/C1=N/Nc1ccccc1. The maximum atomic E-state index is 9.01. The van der Waals surface area contributed by atoms with Crippen LogP contribution in [0.1, 0.15) is 11.1 Å². The van der Waals surface area contributed by atoms with Crippen LogP contribution in [-0.2, 0) is 0 Å². The van der Waals surface area contributed by atoms with Gasteiger partial charge < -0.3 is 9.32 Å². The highest BCUT2D eigenvalue weighted by Gasteiger charge is 2.25. The molecular weight excluding hydrogens is 673 g/mol. The van der Waals surface area contributed by atoms with Crippen LogP contribution < -0.4 is 10.3 Å². The van der Waals surface area contributed by atoms with Crippen molar-refractivity contribution in [3.05, 3.63) is 199 Å². The van der Waals surface area contributed by atoms with Crippen molar-refractivity contribution in [2.24, 2.45) is 5.10 Å². The summed E-state index contributed by atoms with van der Waals surface area (Å²) in [4.78, 5) is 2.36. The molecule has 5 nitrogen and oxygen atoms in total. The Morgan fingerprint density at radius 1 is 0.527 bits per heavy atom. The van der Waals surface area contributed by atoms with Gasteiger partial charge in [-0.25, -0.2) is 0 Å². The molecule has 0 saturated heterocycles. The minimum atomic E-state index is 0.350. The predicted molar refractivity (Wildman–Crippen MR) is 230 cm³/mol. The van der Waals surface area contributed by atoms with Crippen LogP contribution in [0, 0.1) is 5.41 Å². The first-order chi connectivity index (χ1) is 27.2. The molecule has 0 fully saturated rings. The Balaban J connectivity index is 1.24. The fraction of sp³-hybridized carbons (Fsp3) is 0. The molecule has 0 bridgehead atoms. The minimum Gasteiger partial charge on any atom is -0.456 e. The first kappa shape index (κ1) is 32.2. The lowest BCUT2D eigenvalue weighted by molar-refractivity contribution is 0.669. The molecule has 1 aliphatic carbocycles. The van der Waals surface area contributed by atoms with E-state index in [1.807, 2.05) is 60.7 Å². The van der Waals surface area contributed by atoms with E-state index >= 15 is 0 Å². The van der Waals surface area contributed by atoms with Gasteiger partial charge in [0.25, 0.3) is 0 Å². The summed E-state index contributed by atoms with van der Waals surface area (Å²) < 4.78 is 6.46. The van der Waals surface area contributed by atoms with E-state index in [9.17, 15) is 0 Å². The van der Waals surface area contributed by atoms with E-state index in [-0.39, 0.29) is 0 Å². The van der Waals surface area contributed by atoms with Crippen LogP contribution in [0.25, 0.3) is 61.0 Å². The van der Waals surface area contributed by atoms with Crippen molar-refractivity contribution < 1.29 is 4.42 Å². The number of hydrogen-bond donors (Lipinski definition) is 2. The van der Waals surface area contributed by atoms with E-state index in [1.54, 1.807) is 0 Å². The Morgan fingerprint density at radius 2 is 1.20 bits per heavy atom. The van der Waals surface area contributed by atoms with Crippen molar-refractivity contribution in [1.82, 2.24) is 0 Å². The van der Waals surface area contributed by atoms with E-state index in [1.165, 1.54) is 0 Å². The Hall–Kier alpha value is -7.50. The van der Waals surface area contributed by atoms with Crippen molar-refractivity contribution in [3.63, 3.8) is 0 Å². The molecule has 0 radical (unpaired) electrons. The number of nitrogens with one attached hydrogen (secondary N) is 2. The lowest BCUT2D eigenvalue weighted by Crippen LogP contribution is -2.19. The van der Waals surface area contributed by atoms with Gasteiger partial charge in [-0.2, -0.15) is 5.10 Å². The lowest BCUT2D eigenvalue weighted by atomic mass is 9.89. The van der Waals surface area contributed by atoms with E-state index in [0.29, 0.717) is 11.4 Å². The number of fused-ring (bicyclic) bond motifs is 6. The molecule has 1 aromatic heterocycles. The fourth-order valence-corrected chi connectivity index (χ4v) is 7.84. The number of para-hydroxylation sites is 3. The van der Waals surface area contributed by atoms with Gasteiger partial charge in [0.15, 0.2) is 0 Å². The average Bonchev–Trinajstić information content (AvgIpc) is 3.64. The van der Waals surface area contributed by atoms with Gasteiger partial charge in [0.2, 0.25) is 0 Å². The van der Waals surface area contributed by atoms with Crippen LogP contribution in [0.4, 0.5) is 22.7 Å². The summed E-state index contributed by atoms with van der Waals surface area (Å²) in [7, 11) is 0. The molecule has 0 saturated carbocycles. The van der Waals surface area contributed by atoms with E-state index in [0.717, 1.165) is 88.8 Å². The second kappa shape index (κ2) is 13.5. The van der Waals surface area contributed by atoms with E-state index in [4.69, 9.17) is 14.9 Å². The summed E-state index contributed by atoms with van der Waals surface area (Å²) in [5, 5.41) is 18.0. The van der Waals surface area contributed by atoms with E-state index in [2.05, 4.69) is 144 Å². The summed E-state index contributed by atoms with van der Waals surface area (Å²) in [6.07, 6.45) is 3.83. The maximum Gasteiger partial charge on any atom is 0.137 e. The Bertz CT molecular complexity index is 2980. The van der Waals surface area contributed by atoms with Crippen molar-refractivity contribution >= 4 is 73.0 Å². The number of anilines is 4. The quantitative estimate of drug-likeness (QED) is 0.162. The molecule has 5 heteroatoms. The van der Waals surface area contributed by atoms with Crippen molar-refractivity contribution in [2.45, 2.75) is 0 Å². The average molecular weight is 707 g/mol. The topological polar surface area (TPSA) is 64.6 Å². The molecule has 55 heavy (non-hydrogen) atoms. The molecule has 0 atom stereocenters. The molecule has 0 spiro atoms. The number of furan rings is 1. The van der Waals surface area contributed by atoms with Gasteiger partial charge in [0.05, 0.1) is 28.2 Å². The normalized spacial score (nSPS) is 13.1. The number of rotatable bonds is 7. The van der Waals surface area contributed by atoms with Gasteiger partial charge in [0.1, 0.15) is 16.9 Å². The monoisotopic (exact) mass is 706 g/mol. The summed E-state index contributed by atoms with van der Waals surface area (Å²) in [5.41, 5.74) is 16.2. The zero-order valence-electron chi connectivity index (χ0n) is 29.8. The third kappa shape index (κ3) is 5.66. The molecule has 0 unspecified atom stereocenters. The highest BCUT2D eigenvalue weighted by molar-refractivity contribution is 6.55. The van der Waals surface area contributed by atoms with Crippen molar-refractivity contribution in [3.8, 4) is 22.3 Å². The van der Waals surface area contributed by atoms with Crippen LogP contribution in [-0.4, -0.2) is 11.4 Å². The molecular formula is C50H34N4O. The number of allylic oxidation sites excluding steroid dienone is 1. The van der Waals surface area contributed by atoms with Gasteiger partial charge in [-0.05, 0) is 87.6 Å². The zero-order chi connectivity index (χ0) is 36.7. The first-order valence-corrected chi connectivity index (χ1v) is 18.4. The Labute approximate surface area is 318 Å². The van der Waals surface area contributed by atoms with Crippen molar-refractivity contribution in [2.75, 3.05) is 10.3 Å². The van der Waals surface area contributed by atoms with Crippen LogP contribution in [0.2, 0.25) is 0 Å². The molecule has 260 valence electrons. The first-order valence-electron chi connectivity index (χ1n) is 18.4. The molecule has 2 N–H and O–H groups in total. The third-order valence-electron chi connectivity index (χ3n) is 10.4. The highest BCUT2D eigenvalue weighted by Crippen LogP contribution is 2.48. The van der Waals surface area contributed by atoms with Crippen LogP contribution in [0.3, 0.4) is 0 Å². The molecule has 10 rings (SSSR count). The number of benzene rings is 8. The number of hydrogen-bond acceptors (Lipinski definition) is 5. The van der Waals surface area contributed by atoms with Gasteiger partial charge in [-0.15, -0.1) is 0 Å². The standard InChI is InChI=1S/C50H34N4O/c51-43-31-29-35-27-26-34-28-30-37(32-42(34)48(35)50(43)53-52-36-16-5-2-6-17-36)54(45-23-13-25-47-49(45)41-21-10-12-24-46(41)55-47)44-22-11-9-20-40(44)39-19-8-7-18-38(39)33-14-3-1-4-15-33/h1-32,51-52H/b51-43?,53-50+. The summed E-state index contributed by atoms with van der Waals surface area (Å²) in [6.45, 7) is 0. The summed E-state index contributed by atoms with van der Waals surface area (Å²) in [6, 6.07) is 63.2. The Kier molecular flexibility index (Phi) is 7.89. The molecule has 9 aromatic rings. The molecule has 1 heterocycles. The van der Waals surface area contributed by atoms with Crippen LogP contribution >= 0.6 is 0 Å². The minimum absolute atomic E-state index is 0.350. The zero-order valence-corrected chi connectivity index (χ0v) is 29.8. The second-order valence-electron chi connectivity index (χ2n) is 13.6. The smallest absolute Gasteiger partial charge is 0.137 e. The summed E-state index contributed by atoms with van der Waals surface area (Å²) >= 11 is 0. The molecule has 1 aliphatic rings. The van der Waals surface area contributed by atoms with Crippen molar-refractivity contribution in [1.29, 1.82) is 5.41 Å². The van der Waals surface area contributed by atoms with Crippen LogP contribution in [0.15, 0.2) is 198 Å². The summed E-state index contributed by atoms with van der Waals surface area (Å²) in [5.74, 6) is 0.